The molecule has 1 atom stereocenters. The van der Waals surface area contributed by atoms with Crippen molar-refractivity contribution in [1.29, 1.82) is 0 Å². The van der Waals surface area contributed by atoms with Crippen molar-refractivity contribution in [2.75, 3.05) is 11.1 Å². The highest BCUT2D eigenvalue weighted by molar-refractivity contribution is 5.67. The number of nitrogen functional groups attached to an aromatic ring is 1. The molecule has 1 aromatic rings. The number of hydrogen-bond acceptors (Lipinski definition) is 2. The van der Waals surface area contributed by atoms with Crippen LogP contribution in [0.5, 0.6) is 0 Å². The molecule has 0 amide bonds. The number of halogens is 3. The molecule has 2 nitrogen and oxygen atoms in total. The van der Waals surface area contributed by atoms with Crippen molar-refractivity contribution >= 4 is 11.4 Å². The molecule has 0 fully saturated rings. The molecule has 0 radical (unpaired) electrons. The van der Waals surface area contributed by atoms with Gasteiger partial charge in [-0.2, -0.15) is 13.2 Å². The van der Waals surface area contributed by atoms with Crippen LogP contribution in [0.4, 0.5) is 24.5 Å². The van der Waals surface area contributed by atoms with Crippen LogP contribution < -0.4 is 11.1 Å². The average molecular weight is 260 g/mol. The standard InChI is InChI=1S/C13H19F3N2/c1-3-4-5-9(2)18-12-7-6-10(8-11(12)17)13(14,15)16/h6-9,18H,3-5,17H2,1-2H3. The summed E-state index contributed by atoms with van der Waals surface area (Å²) in [7, 11) is 0. The topological polar surface area (TPSA) is 38.0 Å². The quantitative estimate of drug-likeness (QED) is 0.775. The predicted octanol–water partition coefficient (Wildman–Crippen LogP) is 4.28. The lowest BCUT2D eigenvalue weighted by molar-refractivity contribution is -0.137. The van der Waals surface area contributed by atoms with Gasteiger partial charge in [-0.1, -0.05) is 19.8 Å². The SMILES string of the molecule is CCCCC(C)Nc1ccc(C(F)(F)F)cc1N. The highest BCUT2D eigenvalue weighted by Gasteiger charge is 2.30. The van der Waals surface area contributed by atoms with Crippen LogP contribution in [0.3, 0.4) is 0 Å². The van der Waals surface area contributed by atoms with E-state index in [-0.39, 0.29) is 11.7 Å². The average Bonchev–Trinajstić information content (AvgIpc) is 2.27. The number of nitrogens with two attached hydrogens (primary N) is 1. The van der Waals surface area contributed by atoms with Gasteiger partial charge in [-0.05, 0) is 31.5 Å². The molecule has 18 heavy (non-hydrogen) atoms. The Hall–Kier alpha value is -1.39. The van der Waals surface area contributed by atoms with Crippen LogP contribution in [0.2, 0.25) is 0 Å². The molecule has 0 heterocycles. The lowest BCUT2D eigenvalue weighted by Gasteiger charge is -2.17. The van der Waals surface area contributed by atoms with Gasteiger partial charge in [0.05, 0.1) is 16.9 Å². The highest BCUT2D eigenvalue weighted by Crippen LogP contribution is 2.33. The van der Waals surface area contributed by atoms with E-state index in [1.807, 2.05) is 6.92 Å². The molecule has 102 valence electrons. The minimum absolute atomic E-state index is 0.133. The molecule has 0 bridgehead atoms. The molecule has 0 saturated carbocycles. The second kappa shape index (κ2) is 5.98. The van der Waals surface area contributed by atoms with Gasteiger partial charge in [0, 0.05) is 6.04 Å². The van der Waals surface area contributed by atoms with Gasteiger partial charge < -0.3 is 11.1 Å². The fourth-order valence-electron chi connectivity index (χ4n) is 1.72. The lowest BCUT2D eigenvalue weighted by atomic mass is 10.1. The van der Waals surface area contributed by atoms with Crippen molar-refractivity contribution in [1.82, 2.24) is 0 Å². The molecule has 1 rings (SSSR count). The molecule has 0 aliphatic carbocycles. The normalized spacial score (nSPS) is 13.4. The first-order valence-electron chi connectivity index (χ1n) is 6.08. The first-order chi connectivity index (χ1) is 8.34. The van der Waals surface area contributed by atoms with Crippen molar-refractivity contribution < 1.29 is 13.2 Å². The Morgan fingerprint density at radius 2 is 2.00 bits per heavy atom. The summed E-state index contributed by atoms with van der Waals surface area (Å²) in [6.45, 7) is 4.09. The smallest absolute Gasteiger partial charge is 0.397 e. The molecule has 0 aromatic heterocycles. The Balaban J connectivity index is 2.74. The predicted molar refractivity (Wildman–Crippen MR) is 68.5 cm³/mol. The maximum atomic E-state index is 12.5. The van der Waals surface area contributed by atoms with E-state index in [0.29, 0.717) is 5.69 Å². The summed E-state index contributed by atoms with van der Waals surface area (Å²) in [4.78, 5) is 0. The number of hydrogen-bond donors (Lipinski definition) is 2. The van der Waals surface area contributed by atoms with E-state index in [2.05, 4.69) is 12.2 Å². The minimum atomic E-state index is -4.35. The second-order valence-electron chi connectivity index (χ2n) is 4.49. The minimum Gasteiger partial charge on any atom is -0.397 e. The fourth-order valence-corrected chi connectivity index (χ4v) is 1.72. The summed E-state index contributed by atoms with van der Waals surface area (Å²) in [5, 5.41) is 3.13. The first kappa shape index (κ1) is 14.7. The Morgan fingerprint density at radius 1 is 1.33 bits per heavy atom. The van der Waals surface area contributed by atoms with Gasteiger partial charge in [0.2, 0.25) is 0 Å². The summed E-state index contributed by atoms with van der Waals surface area (Å²) in [6, 6.07) is 3.60. The molecule has 1 aromatic carbocycles. The molecule has 1 unspecified atom stereocenters. The molecular weight excluding hydrogens is 241 g/mol. The highest BCUT2D eigenvalue weighted by atomic mass is 19.4. The van der Waals surface area contributed by atoms with E-state index < -0.39 is 11.7 Å². The maximum absolute atomic E-state index is 12.5. The summed E-state index contributed by atoms with van der Waals surface area (Å²) in [5.74, 6) is 0. The number of rotatable bonds is 5. The fraction of sp³-hybridized carbons (Fsp3) is 0.538. The van der Waals surface area contributed by atoms with Gasteiger partial charge in [-0.15, -0.1) is 0 Å². The van der Waals surface area contributed by atoms with Gasteiger partial charge in [-0.3, -0.25) is 0 Å². The number of alkyl halides is 3. The maximum Gasteiger partial charge on any atom is 0.416 e. The molecule has 0 aliphatic heterocycles. The van der Waals surface area contributed by atoms with E-state index >= 15 is 0 Å². The Morgan fingerprint density at radius 3 is 2.50 bits per heavy atom. The van der Waals surface area contributed by atoms with E-state index in [4.69, 9.17) is 5.73 Å². The van der Waals surface area contributed by atoms with Crippen LogP contribution in [0.15, 0.2) is 18.2 Å². The van der Waals surface area contributed by atoms with Crippen molar-refractivity contribution in [3.63, 3.8) is 0 Å². The molecule has 0 aliphatic rings. The van der Waals surface area contributed by atoms with Crippen molar-refractivity contribution in [3.8, 4) is 0 Å². The van der Waals surface area contributed by atoms with E-state index in [1.54, 1.807) is 0 Å². The Kier molecular flexibility index (Phi) is 4.87. The summed E-state index contributed by atoms with van der Waals surface area (Å²) in [6.07, 6.45) is -1.21. The lowest BCUT2D eigenvalue weighted by Crippen LogP contribution is -2.16. The molecule has 3 N–H and O–H groups in total. The van der Waals surface area contributed by atoms with Crippen LogP contribution in [0, 0.1) is 0 Å². The monoisotopic (exact) mass is 260 g/mol. The second-order valence-corrected chi connectivity index (χ2v) is 4.49. The van der Waals surface area contributed by atoms with Crippen molar-refractivity contribution in [3.05, 3.63) is 23.8 Å². The van der Waals surface area contributed by atoms with Crippen LogP contribution in [-0.2, 0) is 6.18 Å². The van der Waals surface area contributed by atoms with Crippen molar-refractivity contribution in [2.45, 2.75) is 45.3 Å². The molecule has 0 saturated heterocycles. The number of nitrogens with one attached hydrogen (secondary N) is 1. The van der Waals surface area contributed by atoms with Gasteiger partial charge in [0.1, 0.15) is 0 Å². The van der Waals surface area contributed by atoms with Crippen LogP contribution >= 0.6 is 0 Å². The van der Waals surface area contributed by atoms with Crippen LogP contribution in [0.1, 0.15) is 38.7 Å². The van der Waals surface area contributed by atoms with E-state index in [9.17, 15) is 13.2 Å². The number of unbranched alkanes of at least 4 members (excludes halogenated alkanes) is 1. The van der Waals surface area contributed by atoms with Crippen LogP contribution in [-0.4, -0.2) is 6.04 Å². The third-order valence-corrected chi connectivity index (χ3v) is 2.77. The largest absolute Gasteiger partial charge is 0.416 e. The van der Waals surface area contributed by atoms with E-state index in [1.165, 1.54) is 6.07 Å². The zero-order chi connectivity index (χ0) is 13.8. The third kappa shape index (κ3) is 4.13. The Labute approximate surface area is 105 Å². The first-order valence-corrected chi connectivity index (χ1v) is 6.08. The summed E-state index contributed by atoms with van der Waals surface area (Å²) < 4.78 is 37.4. The zero-order valence-electron chi connectivity index (χ0n) is 10.6. The van der Waals surface area contributed by atoms with Gasteiger partial charge in [-0.25, -0.2) is 0 Å². The van der Waals surface area contributed by atoms with Crippen molar-refractivity contribution in [2.24, 2.45) is 0 Å². The van der Waals surface area contributed by atoms with E-state index in [0.717, 1.165) is 31.4 Å². The molecular formula is C13H19F3N2. The van der Waals surface area contributed by atoms with Crippen LogP contribution in [0.25, 0.3) is 0 Å². The molecule has 0 spiro atoms. The molecule has 5 heteroatoms. The number of anilines is 2. The zero-order valence-corrected chi connectivity index (χ0v) is 10.6. The number of benzene rings is 1. The van der Waals surface area contributed by atoms with Gasteiger partial charge >= 0.3 is 6.18 Å². The van der Waals surface area contributed by atoms with Gasteiger partial charge in [0.15, 0.2) is 0 Å². The summed E-state index contributed by atoms with van der Waals surface area (Å²) in [5.41, 5.74) is 5.61. The van der Waals surface area contributed by atoms with Gasteiger partial charge in [0.25, 0.3) is 0 Å². The third-order valence-electron chi connectivity index (χ3n) is 2.77. The summed E-state index contributed by atoms with van der Waals surface area (Å²) >= 11 is 0. The Bertz CT molecular complexity index is 388.